The number of sulfonamides is 1. The molecule has 10 nitrogen and oxygen atoms in total. The summed E-state index contributed by atoms with van der Waals surface area (Å²) in [5.74, 6) is -0.352. The van der Waals surface area contributed by atoms with Gasteiger partial charge in [-0.1, -0.05) is 25.1 Å². The molecule has 2 heterocycles. The number of carbonyl (C=O) groups is 1. The number of H-pyrrole nitrogens is 1. The van der Waals surface area contributed by atoms with Crippen molar-refractivity contribution < 1.29 is 13.2 Å². The zero-order valence-electron chi connectivity index (χ0n) is 17.4. The van der Waals surface area contributed by atoms with Crippen molar-refractivity contribution in [3.63, 3.8) is 0 Å². The molecule has 0 saturated carbocycles. The van der Waals surface area contributed by atoms with Crippen LogP contribution in [0.3, 0.4) is 0 Å². The summed E-state index contributed by atoms with van der Waals surface area (Å²) in [5.41, 5.74) is 0.848. The molecular weight excluding hydrogens is 452 g/mol. The number of aryl methyl sites for hydroxylation is 1. The highest BCUT2D eigenvalue weighted by Crippen LogP contribution is 2.21. The zero-order valence-corrected chi connectivity index (χ0v) is 19.0. The number of benzene rings is 1. The van der Waals surface area contributed by atoms with Crippen molar-refractivity contribution in [1.29, 1.82) is 0 Å². The Bertz CT molecular complexity index is 1230. The summed E-state index contributed by atoms with van der Waals surface area (Å²) in [7, 11) is -3.86. The van der Waals surface area contributed by atoms with E-state index in [2.05, 4.69) is 30.0 Å². The number of anilines is 2. The van der Waals surface area contributed by atoms with Crippen LogP contribution < -0.4 is 15.6 Å². The lowest BCUT2D eigenvalue weighted by Gasteiger charge is -2.12. The summed E-state index contributed by atoms with van der Waals surface area (Å²) >= 11 is 1.14. The fourth-order valence-electron chi connectivity index (χ4n) is 2.64. The number of aromatic nitrogens is 4. The highest BCUT2D eigenvalue weighted by atomic mass is 32.2. The summed E-state index contributed by atoms with van der Waals surface area (Å²) in [6, 6.07) is 8.73. The van der Waals surface area contributed by atoms with Crippen LogP contribution in [0.15, 0.2) is 63.6 Å². The Hall–Kier alpha value is -3.25. The number of hydrogen-bond acceptors (Lipinski definition) is 8. The average molecular weight is 475 g/mol. The lowest BCUT2D eigenvalue weighted by Crippen LogP contribution is -2.23. The lowest BCUT2D eigenvalue weighted by molar-refractivity contribution is -0.115. The predicted octanol–water partition coefficient (Wildman–Crippen LogP) is 2.43. The van der Waals surface area contributed by atoms with Crippen LogP contribution in [0.25, 0.3) is 0 Å². The molecule has 12 heteroatoms. The molecule has 0 fully saturated rings. The molecule has 3 N–H and O–H groups in total. The van der Waals surface area contributed by atoms with Crippen LogP contribution in [0.2, 0.25) is 0 Å². The SMILES string of the molecule is CCCc1cc(=O)[nH]c(SC(C)C(=O)Nc2ccc(S(=O)(=O)Nc3ncccn3)cc2)n1. The van der Waals surface area contributed by atoms with Gasteiger partial charge >= 0.3 is 0 Å². The van der Waals surface area contributed by atoms with Crippen molar-refractivity contribution >= 4 is 39.3 Å². The van der Waals surface area contributed by atoms with Crippen molar-refractivity contribution in [1.82, 2.24) is 19.9 Å². The van der Waals surface area contributed by atoms with Crippen molar-refractivity contribution in [3.8, 4) is 0 Å². The van der Waals surface area contributed by atoms with E-state index in [1.807, 2.05) is 6.92 Å². The van der Waals surface area contributed by atoms with Crippen LogP contribution in [0.4, 0.5) is 11.6 Å². The van der Waals surface area contributed by atoms with Gasteiger partial charge in [0.15, 0.2) is 5.16 Å². The van der Waals surface area contributed by atoms with E-state index in [-0.39, 0.29) is 22.3 Å². The van der Waals surface area contributed by atoms with Crippen molar-refractivity contribution in [2.45, 2.75) is 42.0 Å². The zero-order chi connectivity index (χ0) is 23.1. The molecule has 0 aliphatic heterocycles. The van der Waals surface area contributed by atoms with Crippen LogP contribution in [0.5, 0.6) is 0 Å². The smallest absolute Gasteiger partial charge is 0.264 e. The third-order valence-electron chi connectivity index (χ3n) is 4.16. The molecule has 3 aromatic rings. The first-order valence-corrected chi connectivity index (χ1v) is 12.1. The number of amides is 1. The molecule has 32 heavy (non-hydrogen) atoms. The van der Waals surface area contributed by atoms with Gasteiger partial charge in [0.2, 0.25) is 11.9 Å². The van der Waals surface area contributed by atoms with Crippen LogP contribution in [0.1, 0.15) is 26.0 Å². The Morgan fingerprint density at radius 1 is 1.19 bits per heavy atom. The van der Waals surface area contributed by atoms with E-state index < -0.39 is 15.3 Å². The van der Waals surface area contributed by atoms with Gasteiger partial charge in [0, 0.05) is 29.8 Å². The molecular formula is C20H22N6O4S2. The van der Waals surface area contributed by atoms with Crippen LogP contribution >= 0.6 is 11.8 Å². The van der Waals surface area contributed by atoms with Gasteiger partial charge < -0.3 is 10.3 Å². The first kappa shape index (κ1) is 23.4. The number of nitrogens with zero attached hydrogens (tertiary/aromatic N) is 3. The number of thioether (sulfide) groups is 1. The van der Waals surface area contributed by atoms with E-state index >= 15 is 0 Å². The third-order valence-corrected chi connectivity index (χ3v) is 6.49. The number of carbonyl (C=O) groups excluding carboxylic acids is 1. The number of rotatable bonds is 9. The molecule has 168 valence electrons. The Kier molecular flexibility index (Phi) is 7.59. The molecule has 2 aromatic heterocycles. The summed E-state index contributed by atoms with van der Waals surface area (Å²) in [5, 5.41) is 2.55. The van der Waals surface area contributed by atoms with Gasteiger partial charge in [0.1, 0.15) is 0 Å². The summed E-state index contributed by atoms with van der Waals surface area (Å²) < 4.78 is 27.1. The second-order valence-electron chi connectivity index (χ2n) is 6.74. The predicted molar refractivity (Wildman–Crippen MR) is 122 cm³/mol. The highest BCUT2D eigenvalue weighted by Gasteiger charge is 2.18. The molecule has 0 aliphatic carbocycles. The van der Waals surface area contributed by atoms with Gasteiger partial charge in [0.25, 0.3) is 15.6 Å². The number of aromatic amines is 1. The molecule has 0 spiro atoms. The quantitative estimate of drug-likeness (QED) is 0.316. The first-order valence-electron chi connectivity index (χ1n) is 9.74. The second-order valence-corrected chi connectivity index (χ2v) is 9.76. The highest BCUT2D eigenvalue weighted by molar-refractivity contribution is 8.00. The van der Waals surface area contributed by atoms with Crippen molar-refractivity contribution in [2.24, 2.45) is 0 Å². The van der Waals surface area contributed by atoms with Gasteiger partial charge in [-0.15, -0.1) is 0 Å². The second kappa shape index (κ2) is 10.4. The minimum absolute atomic E-state index is 0.000102. The van der Waals surface area contributed by atoms with Gasteiger partial charge in [0.05, 0.1) is 10.1 Å². The monoisotopic (exact) mass is 474 g/mol. The molecule has 1 amide bonds. The van der Waals surface area contributed by atoms with E-state index in [0.29, 0.717) is 23.0 Å². The normalized spacial score (nSPS) is 12.2. The fraction of sp³-hybridized carbons (Fsp3) is 0.250. The summed E-state index contributed by atoms with van der Waals surface area (Å²) in [4.78, 5) is 39.0. The first-order chi connectivity index (χ1) is 15.3. The Morgan fingerprint density at radius 3 is 2.53 bits per heavy atom. The van der Waals surface area contributed by atoms with E-state index in [0.717, 1.165) is 18.2 Å². The molecule has 0 saturated heterocycles. The van der Waals surface area contributed by atoms with Gasteiger partial charge in [-0.05, 0) is 43.7 Å². The molecule has 1 atom stereocenters. The van der Waals surface area contributed by atoms with Gasteiger partial charge in [-0.3, -0.25) is 9.59 Å². The largest absolute Gasteiger partial charge is 0.325 e. The van der Waals surface area contributed by atoms with E-state index in [1.165, 1.54) is 42.7 Å². The topological polar surface area (TPSA) is 147 Å². The maximum absolute atomic E-state index is 12.5. The maximum Gasteiger partial charge on any atom is 0.264 e. The minimum Gasteiger partial charge on any atom is -0.325 e. The lowest BCUT2D eigenvalue weighted by atomic mass is 10.2. The Morgan fingerprint density at radius 2 is 1.88 bits per heavy atom. The summed E-state index contributed by atoms with van der Waals surface area (Å²) in [6.45, 7) is 3.68. The van der Waals surface area contributed by atoms with Gasteiger partial charge in [-0.2, -0.15) is 0 Å². The minimum atomic E-state index is -3.86. The average Bonchev–Trinajstić information content (AvgIpc) is 2.74. The molecule has 1 unspecified atom stereocenters. The van der Waals surface area contributed by atoms with Crippen LogP contribution in [-0.2, 0) is 21.2 Å². The maximum atomic E-state index is 12.5. The number of nitrogens with one attached hydrogen (secondary N) is 3. The number of hydrogen-bond donors (Lipinski definition) is 3. The summed E-state index contributed by atoms with van der Waals surface area (Å²) in [6.07, 6.45) is 4.39. The van der Waals surface area contributed by atoms with E-state index in [1.54, 1.807) is 13.0 Å². The fourth-order valence-corrected chi connectivity index (χ4v) is 4.43. The van der Waals surface area contributed by atoms with E-state index in [9.17, 15) is 18.0 Å². The standard InChI is InChI=1S/C20H22N6O4S2/c1-3-5-15-12-17(27)25-20(24-15)31-13(2)18(28)23-14-6-8-16(9-7-14)32(29,30)26-19-21-10-4-11-22-19/h4,6-13H,3,5H2,1-2H3,(H,23,28)(H,21,22,26)(H,24,25,27). The van der Waals surface area contributed by atoms with Crippen LogP contribution in [-0.4, -0.2) is 39.5 Å². The molecule has 1 aromatic carbocycles. The van der Waals surface area contributed by atoms with Gasteiger partial charge in [-0.25, -0.2) is 28.1 Å². The molecule has 3 rings (SSSR count). The molecule has 0 radical (unpaired) electrons. The Labute approximate surface area is 189 Å². The molecule has 0 bridgehead atoms. The Balaban J connectivity index is 1.63. The third kappa shape index (κ3) is 6.37. The van der Waals surface area contributed by atoms with Crippen LogP contribution in [0, 0.1) is 0 Å². The van der Waals surface area contributed by atoms with E-state index in [4.69, 9.17) is 0 Å². The molecule has 0 aliphatic rings. The van der Waals surface area contributed by atoms with Crippen molar-refractivity contribution in [3.05, 3.63) is 64.8 Å². The van der Waals surface area contributed by atoms with Crippen molar-refractivity contribution in [2.75, 3.05) is 10.0 Å².